The van der Waals surface area contributed by atoms with Crippen molar-refractivity contribution in [2.45, 2.75) is 33.4 Å². The average molecular weight is 310 g/mol. The molecule has 0 aliphatic heterocycles. The van der Waals surface area contributed by atoms with Gasteiger partial charge in [0.15, 0.2) is 10.6 Å². The molecule has 0 saturated heterocycles. The molecule has 0 bridgehead atoms. The van der Waals surface area contributed by atoms with Crippen LogP contribution in [0, 0.1) is 10.7 Å². The van der Waals surface area contributed by atoms with Crippen molar-refractivity contribution in [1.82, 2.24) is 20.1 Å². The lowest BCUT2D eigenvalue weighted by atomic mass is 10.0. The third-order valence-electron chi connectivity index (χ3n) is 3.08. The number of rotatable bonds is 5. The van der Waals surface area contributed by atoms with Crippen molar-refractivity contribution in [1.29, 1.82) is 0 Å². The molecule has 108 valence electrons. The summed E-state index contributed by atoms with van der Waals surface area (Å²) < 4.78 is 2.49. The fraction of sp³-hybridized carbons (Fsp3) is 0.462. The van der Waals surface area contributed by atoms with E-state index < -0.39 is 0 Å². The van der Waals surface area contributed by atoms with Gasteiger partial charge in [0.05, 0.1) is 10.9 Å². The quantitative estimate of drug-likeness (QED) is 0.834. The second-order valence-electron chi connectivity index (χ2n) is 4.80. The Bertz CT molecular complexity index is 627. The van der Waals surface area contributed by atoms with Gasteiger partial charge in [-0.15, -0.1) is 11.3 Å². The number of hydrogen-bond acceptors (Lipinski definition) is 4. The number of carbonyl (C=O) groups is 1. The monoisotopic (exact) mass is 310 g/mol. The van der Waals surface area contributed by atoms with Crippen molar-refractivity contribution >= 4 is 29.5 Å². The lowest BCUT2D eigenvalue weighted by Gasteiger charge is -2.21. The largest absolute Gasteiger partial charge is 0.341 e. The normalized spacial score (nSPS) is 12.6. The number of hydrogen-bond donors (Lipinski definition) is 2. The zero-order valence-corrected chi connectivity index (χ0v) is 13.3. The predicted octanol–water partition coefficient (Wildman–Crippen LogP) is 3.15. The van der Waals surface area contributed by atoms with Crippen LogP contribution in [0.15, 0.2) is 17.5 Å². The minimum atomic E-state index is -0.169. The van der Waals surface area contributed by atoms with Gasteiger partial charge in [-0.3, -0.25) is 9.89 Å². The Hall–Kier alpha value is -1.47. The van der Waals surface area contributed by atoms with Crippen molar-refractivity contribution in [3.63, 3.8) is 0 Å². The Morgan fingerprint density at radius 3 is 2.90 bits per heavy atom. The molecule has 7 heteroatoms. The van der Waals surface area contributed by atoms with Gasteiger partial charge < -0.3 is 9.88 Å². The molecule has 1 amide bonds. The van der Waals surface area contributed by atoms with Gasteiger partial charge in [0, 0.05) is 6.54 Å². The number of nitrogens with zero attached hydrogens (tertiary/aromatic N) is 2. The average Bonchev–Trinajstić information content (AvgIpc) is 3.04. The minimum Gasteiger partial charge on any atom is -0.341 e. The van der Waals surface area contributed by atoms with Crippen molar-refractivity contribution < 1.29 is 4.79 Å². The summed E-state index contributed by atoms with van der Waals surface area (Å²) in [5, 5.41) is 12.0. The fourth-order valence-corrected chi connectivity index (χ4v) is 2.92. The highest BCUT2D eigenvalue weighted by atomic mass is 32.1. The summed E-state index contributed by atoms with van der Waals surface area (Å²) in [4.78, 5) is 12.9. The molecule has 2 aromatic rings. The first kappa shape index (κ1) is 14.9. The highest BCUT2D eigenvalue weighted by molar-refractivity contribution is 7.71. The molecule has 0 radical (unpaired) electrons. The molecular weight excluding hydrogens is 292 g/mol. The SMILES string of the molecule is CCn1c([C@@H](NC(=O)c2cccs2)C(C)C)n[nH]c1=S. The van der Waals surface area contributed by atoms with Crippen LogP contribution in [0.2, 0.25) is 0 Å². The summed E-state index contributed by atoms with van der Waals surface area (Å²) in [5.41, 5.74) is 0. The van der Waals surface area contributed by atoms with E-state index in [1.807, 2.05) is 29.0 Å². The van der Waals surface area contributed by atoms with Crippen LogP contribution < -0.4 is 5.32 Å². The van der Waals surface area contributed by atoms with Crippen molar-refractivity contribution in [3.8, 4) is 0 Å². The van der Waals surface area contributed by atoms with Crippen LogP contribution in [-0.4, -0.2) is 20.7 Å². The van der Waals surface area contributed by atoms with Gasteiger partial charge in [0.1, 0.15) is 0 Å². The third kappa shape index (κ3) is 2.99. The van der Waals surface area contributed by atoms with Crippen molar-refractivity contribution in [2.24, 2.45) is 5.92 Å². The lowest BCUT2D eigenvalue weighted by molar-refractivity contribution is 0.0926. The maximum absolute atomic E-state index is 12.2. The summed E-state index contributed by atoms with van der Waals surface area (Å²) in [7, 11) is 0. The number of nitrogens with one attached hydrogen (secondary N) is 2. The second-order valence-corrected chi connectivity index (χ2v) is 6.14. The standard InChI is InChI=1S/C13H18N4OS2/c1-4-17-11(15-16-13(17)19)10(8(2)3)14-12(18)9-6-5-7-20-9/h5-8,10H,4H2,1-3H3,(H,14,18)(H,16,19)/t10-/m0/s1. The molecule has 0 fully saturated rings. The zero-order chi connectivity index (χ0) is 14.7. The Kier molecular flexibility index (Phi) is 4.72. The van der Waals surface area contributed by atoms with Gasteiger partial charge in [0.25, 0.3) is 5.91 Å². The number of aromatic nitrogens is 3. The number of carbonyl (C=O) groups excluding carboxylic acids is 1. The van der Waals surface area contributed by atoms with E-state index in [1.54, 1.807) is 0 Å². The van der Waals surface area contributed by atoms with E-state index in [-0.39, 0.29) is 17.9 Å². The van der Waals surface area contributed by atoms with Gasteiger partial charge in [0.2, 0.25) is 0 Å². The summed E-state index contributed by atoms with van der Waals surface area (Å²) in [5.74, 6) is 0.919. The number of amides is 1. The van der Waals surface area contributed by atoms with E-state index in [1.165, 1.54) is 11.3 Å². The Morgan fingerprint density at radius 1 is 1.60 bits per heavy atom. The number of H-pyrrole nitrogens is 1. The van der Waals surface area contributed by atoms with Crippen LogP contribution in [0.25, 0.3) is 0 Å². The van der Waals surface area contributed by atoms with Gasteiger partial charge in [-0.25, -0.2) is 0 Å². The summed E-state index contributed by atoms with van der Waals surface area (Å²) >= 11 is 6.63. The first-order valence-electron chi connectivity index (χ1n) is 6.54. The first-order chi connectivity index (χ1) is 9.54. The van der Waals surface area contributed by atoms with E-state index in [9.17, 15) is 4.79 Å². The maximum Gasteiger partial charge on any atom is 0.261 e. The highest BCUT2D eigenvalue weighted by Crippen LogP contribution is 2.21. The van der Waals surface area contributed by atoms with E-state index in [2.05, 4.69) is 29.4 Å². The molecule has 0 saturated carbocycles. The minimum absolute atomic E-state index is 0.0738. The number of thiophene rings is 1. The van der Waals surface area contributed by atoms with Gasteiger partial charge in [-0.05, 0) is 36.5 Å². The van der Waals surface area contributed by atoms with Gasteiger partial charge >= 0.3 is 0 Å². The molecule has 2 N–H and O–H groups in total. The molecule has 0 aliphatic rings. The molecule has 5 nitrogen and oxygen atoms in total. The van der Waals surface area contributed by atoms with Crippen LogP contribution in [0.4, 0.5) is 0 Å². The topological polar surface area (TPSA) is 62.7 Å². The third-order valence-corrected chi connectivity index (χ3v) is 4.26. The maximum atomic E-state index is 12.2. The predicted molar refractivity (Wildman–Crippen MR) is 82.4 cm³/mol. The zero-order valence-electron chi connectivity index (χ0n) is 11.7. The van der Waals surface area contributed by atoms with Crippen molar-refractivity contribution in [3.05, 3.63) is 33.0 Å². The Balaban J connectivity index is 2.28. The fourth-order valence-electron chi connectivity index (χ4n) is 2.02. The summed E-state index contributed by atoms with van der Waals surface area (Å²) in [6.45, 7) is 6.84. The van der Waals surface area contributed by atoms with Crippen LogP contribution >= 0.6 is 23.6 Å². The van der Waals surface area contributed by atoms with E-state index in [4.69, 9.17) is 12.2 Å². The van der Waals surface area contributed by atoms with Crippen molar-refractivity contribution in [2.75, 3.05) is 0 Å². The van der Waals surface area contributed by atoms with Crippen LogP contribution in [-0.2, 0) is 6.54 Å². The molecule has 2 rings (SSSR count). The lowest BCUT2D eigenvalue weighted by Crippen LogP contribution is -2.33. The van der Waals surface area contributed by atoms with Gasteiger partial charge in [-0.1, -0.05) is 19.9 Å². The van der Waals surface area contributed by atoms with Crippen LogP contribution in [0.5, 0.6) is 0 Å². The highest BCUT2D eigenvalue weighted by Gasteiger charge is 2.24. The Labute approximate surface area is 127 Å². The number of aromatic amines is 1. The van der Waals surface area contributed by atoms with Crippen LogP contribution in [0.1, 0.15) is 42.3 Å². The van der Waals surface area contributed by atoms with Crippen LogP contribution in [0.3, 0.4) is 0 Å². The van der Waals surface area contributed by atoms with E-state index in [0.717, 1.165) is 12.4 Å². The molecule has 1 atom stereocenters. The molecule has 2 heterocycles. The van der Waals surface area contributed by atoms with E-state index >= 15 is 0 Å². The molecular formula is C13H18N4OS2. The molecule has 2 aromatic heterocycles. The summed E-state index contributed by atoms with van der Waals surface area (Å²) in [6.07, 6.45) is 0. The molecule has 20 heavy (non-hydrogen) atoms. The Morgan fingerprint density at radius 2 is 2.35 bits per heavy atom. The molecule has 0 aliphatic carbocycles. The smallest absolute Gasteiger partial charge is 0.261 e. The molecule has 0 spiro atoms. The summed E-state index contributed by atoms with van der Waals surface area (Å²) in [6, 6.07) is 3.51. The molecule has 0 unspecified atom stereocenters. The van der Waals surface area contributed by atoms with E-state index in [0.29, 0.717) is 9.65 Å². The van der Waals surface area contributed by atoms with Gasteiger partial charge in [-0.2, -0.15) is 5.10 Å². The first-order valence-corrected chi connectivity index (χ1v) is 7.82. The molecule has 0 aromatic carbocycles. The second kappa shape index (κ2) is 6.32.